The van der Waals surface area contributed by atoms with Crippen molar-refractivity contribution in [2.24, 2.45) is 0 Å². The van der Waals surface area contributed by atoms with E-state index in [0.717, 1.165) is 36.4 Å². The molecular formula is C31H35ClFN3O5S. The number of amides is 2. The predicted molar refractivity (Wildman–Crippen MR) is 160 cm³/mol. The zero-order valence-corrected chi connectivity index (χ0v) is 25.2. The number of sulfonamides is 1. The van der Waals surface area contributed by atoms with E-state index >= 15 is 0 Å². The van der Waals surface area contributed by atoms with Crippen LogP contribution in [0.25, 0.3) is 0 Å². The van der Waals surface area contributed by atoms with Crippen LogP contribution in [0.2, 0.25) is 5.02 Å². The summed E-state index contributed by atoms with van der Waals surface area (Å²) in [4.78, 5) is 28.6. The number of ether oxygens (including phenoxy) is 1. The third-order valence-electron chi connectivity index (χ3n) is 7.44. The molecule has 3 aromatic rings. The number of anilines is 1. The van der Waals surface area contributed by atoms with E-state index in [-0.39, 0.29) is 45.4 Å². The van der Waals surface area contributed by atoms with Gasteiger partial charge in [0.25, 0.3) is 10.0 Å². The number of benzene rings is 3. The number of nitrogens with zero attached hydrogens (tertiary/aromatic N) is 2. The summed E-state index contributed by atoms with van der Waals surface area (Å²) in [5.41, 5.74) is 0.244. The van der Waals surface area contributed by atoms with Crippen LogP contribution in [-0.2, 0) is 26.2 Å². The fraction of sp³-hybridized carbons (Fsp3) is 0.355. The Labute approximate surface area is 251 Å². The Morgan fingerprint density at radius 1 is 1.02 bits per heavy atom. The molecule has 0 bridgehead atoms. The monoisotopic (exact) mass is 615 g/mol. The van der Waals surface area contributed by atoms with Crippen LogP contribution in [0.1, 0.15) is 44.6 Å². The van der Waals surface area contributed by atoms with Gasteiger partial charge in [0.1, 0.15) is 24.2 Å². The van der Waals surface area contributed by atoms with Crippen molar-refractivity contribution < 1.29 is 27.1 Å². The first kappa shape index (κ1) is 31.3. The van der Waals surface area contributed by atoms with Crippen molar-refractivity contribution >= 4 is 39.1 Å². The van der Waals surface area contributed by atoms with E-state index in [9.17, 15) is 22.4 Å². The molecule has 1 aliphatic rings. The molecule has 0 saturated heterocycles. The highest BCUT2D eigenvalue weighted by Crippen LogP contribution is 2.35. The summed E-state index contributed by atoms with van der Waals surface area (Å²) < 4.78 is 49.0. The molecular weight excluding hydrogens is 581 g/mol. The van der Waals surface area contributed by atoms with Crippen molar-refractivity contribution in [2.45, 2.75) is 62.6 Å². The molecule has 4 rings (SSSR count). The lowest BCUT2D eigenvalue weighted by atomic mass is 9.95. The molecule has 8 nitrogen and oxygen atoms in total. The Morgan fingerprint density at radius 3 is 2.36 bits per heavy atom. The van der Waals surface area contributed by atoms with Crippen LogP contribution in [0.3, 0.4) is 0 Å². The Kier molecular flexibility index (Phi) is 10.5. The topological polar surface area (TPSA) is 96.0 Å². The largest absolute Gasteiger partial charge is 0.495 e. The van der Waals surface area contributed by atoms with Crippen molar-refractivity contribution in [3.8, 4) is 5.75 Å². The van der Waals surface area contributed by atoms with Gasteiger partial charge in [0.05, 0.1) is 17.7 Å². The van der Waals surface area contributed by atoms with Crippen molar-refractivity contribution in [3.05, 3.63) is 89.2 Å². The second-order valence-corrected chi connectivity index (χ2v) is 12.6. The first-order valence-corrected chi connectivity index (χ1v) is 15.7. The fourth-order valence-corrected chi connectivity index (χ4v) is 6.66. The summed E-state index contributed by atoms with van der Waals surface area (Å²) in [6.45, 7) is 0.632. The SMILES string of the molecule is COc1ccc(Cl)cc1N(CC(=O)N(Cc1ccccc1F)C(C)C(=O)NC1CCCCC1)S(=O)(=O)c1ccccc1. The number of carbonyl (C=O) groups is 2. The van der Waals surface area contributed by atoms with Crippen molar-refractivity contribution in [1.82, 2.24) is 10.2 Å². The molecule has 1 fully saturated rings. The number of rotatable bonds is 11. The third kappa shape index (κ3) is 7.41. The van der Waals surface area contributed by atoms with Gasteiger partial charge in [0, 0.05) is 23.2 Å². The third-order valence-corrected chi connectivity index (χ3v) is 9.45. The quantitative estimate of drug-likeness (QED) is 0.305. The van der Waals surface area contributed by atoms with E-state index in [1.165, 1.54) is 54.5 Å². The smallest absolute Gasteiger partial charge is 0.264 e. The molecule has 2 amide bonds. The van der Waals surface area contributed by atoms with Crippen molar-refractivity contribution in [3.63, 3.8) is 0 Å². The molecule has 0 aromatic heterocycles. The Morgan fingerprint density at radius 2 is 1.69 bits per heavy atom. The molecule has 0 spiro atoms. The van der Waals surface area contributed by atoms with E-state index in [0.29, 0.717) is 0 Å². The van der Waals surface area contributed by atoms with E-state index in [4.69, 9.17) is 16.3 Å². The van der Waals surface area contributed by atoms with Gasteiger partial charge in [-0.25, -0.2) is 12.8 Å². The molecule has 1 aliphatic carbocycles. The second-order valence-electron chi connectivity index (χ2n) is 10.3. The van der Waals surface area contributed by atoms with Gasteiger partial charge in [-0.3, -0.25) is 13.9 Å². The number of hydrogen-bond acceptors (Lipinski definition) is 5. The summed E-state index contributed by atoms with van der Waals surface area (Å²) in [5.74, 6) is -1.45. The minimum Gasteiger partial charge on any atom is -0.495 e. The highest BCUT2D eigenvalue weighted by molar-refractivity contribution is 7.92. The molecule has 42 heavy (non-hydrogen) atoms. The number of methoxy groups -OCH3 is 1. The molecule has 1 N–H and O–H groups in total. The van der Waals surface area contributed by atoms with Gasteiger partial charge in [-0.15, -0.1) is 0 Å². The van der Waals surface area contributed by atoms with Crippen LogP contribution in [-0.4, -0.2) is 50.9 Å². The van der Waals surface area contributed by atoms with Crippen molar-refractivity contribution in [2.75, 3.05) is 18.0 Å². The molecule has 0 radical (unpaired) electrons. The molecule has 1 saturated carbocycles. The summed E-state index contributed by atoms with van der Waals surface area (Å²) in [7, 11) is -2.93. The van der Waals surface area contributed by atoms with Gasteiger partial charge in [-0.1, -0.05) is 67.3 Å². The minimum absolute atomic E-state index is 0.00945. The predicted octanol–water partition coefficient (Wildman–Crippen LogP) is 5.55. The maximum atomic E-state index is 14.8. The Hall–Kier alpha value is -3.63. The van der Waals surface area contributed by atoms with Gasteiger partial charge >= 0.3 is 0 Å². The fourth-order valence-electron chi connectivity index (χ4n) is 5.05. The van der Waals surface area contributed by atoms with E-state index < -0.39 is 34.3 Å². The van der Waals surface area contributed by atoms with Gasteiger partial charge in [0.15, 0.2) is 0 Å². The van der Waals surface area contributed by atoms with E-state index in [2.05, 4.69) is 5.32 Å². The highest BCUT2D eigenvalue weighted by Gasteiger charge is 2.34. The summed E-state index contributed by atoms with van der Waals surface area (Å²) in [6.07, 6.45) is 4.81. The standard InChI is InChI=1S/C31H35ClFN3O5S/c1-22(31(38)34-25-12-5-3-6-13-25)35(20-23-11-9-10-16-27(23)33)30(37)21-36(28-19-24(32)17-18-29(28)41-2)42(39,40)26-14-7-4-8-15-26/h4,7-11,14-19,22,25H,3,5-6,12-13,20-21H2,1-2H3,(H,34,38). The van der Waals surface area contributed by atoms with E-state index in [1.54, 1.807) is 37.3 Å². The summed E-state index contributed by atoms with van der Waals surface area (Å²) in [5, 5.41) is 3.26. The van der Waals surface area contributed by atoms with Crippen LogP contribution in [0.5, 0.6) is 5.75 Å². The van der Waals surface area contributed by atoms with E-state index in [1.807, 2.05) is 0 Å². The average Bonchev–Trinajstić information content (AvgIpc) is 2.99. The minimum atomic E-state index is -4.31. The molecule has 0 aliphatic heterocycles. The van der Waals surface area contributed by atoms with Gasteiger partial charge in [0.2, 0.25) is 11.8 Å². The maximum Gasteiger partial charge on any atom is 0.264 e. The summed E-state index contributed by atoms with van der Waals surface area (Å²) in [6, 6.07) is 17.1. The van der Waals surface area contributed by atoms with Crippen LogP contribution < -0.4 is 14.4 Å². The molecule has 3 aromatic carbocycles. The van der Waals surface area contributed by atoms with Gasteiger partial charge < -0.3 is 15.0 Å². The molecule has 11 heteroatoms. The second kappa shape index (κ2) is 14.0. The van der Waals surface area contributed by atoms with Gasteiger partial charge in [-0.2, -0.15) is 0 Å². The van der Waals surface area contributed by atoms with Crippen molar-refractivity contribution in [1.29, 1.82) is 0 Å². The first-order chi connectivity index (χ1) is 20.1. The zero-order chi connectivity index (χ0) is 30.3. The molecule has 1 atom stereocenters. The lowest BCUT2D eigenvalue weighted by molar-refractivity contribution is -0.139. The number of hydrogen-bond donors (Lipinski definition) is 1. The summed E-state index contributed by atoms with van der Waals surface area (Å²) >= 11 is 6.26. The Balaban J connectivity index is 1.73. The van der Waals surface area contributed by atoms with Crippen LogP contribution in [0.15, 0.2) is 77.7 Å². The maximum absolute atomic E-state index is 14.8. The van der Waals surface area contributed by atoms with Gasteiger partial charge in [-0.05, 0) is 56.2 Å². The number of nitrogens with one attached hydrogen (secondary N) is 1. The van der Waals surface area contributed by atoms with Crippen LogP contribution in [0, 0.1) is 5.82 Å². The average molecular weight is 616 g/mol. The molecule has 224 valence electrons. The normalized spacial score (nSPS) is 14.6. The lowest BCUT2D eigenvalue weighted by Gasteiger charge is -2.33. The highest BCUT2D eigenvalue weighted by atomic mass is 35.5. The Bertz CT molecular complexity index is 1500. The first-order valence-electron chi connectivity index (χ1n) is 13.9. The molecule has 0 heterocycles. The lowest BCUT2D eigenvalue weighted by Crippen LogP contribution is -2.53. The van der Waals surface area contributed by atoms with Crippen LogP contribution >= 0.6 is 11.6 Å². The van der Waals surface area contributed by atoms with Crippen LogP contribution in [0.4, 0.5) is 10.1 Å². The molecule has 1 unspecified atom stereocenters. The zero-order valence-electron chi connectivity index (χ0n) is 23.6. The number of halogens is 2. The number of carbonyl (C=O) groups excluding carboxylic acids is 2.